The molecule has 0 fully saturated rings. The van der Waals surface area contributed by atoms with Crippen LogP contribution in [-0.2, 0) is 25.6 Å². The van der Waals surface area contributed by atoms with Gasteiger partial charge in [-0.15, -0.1) is 0 Å². The van der Waals surface area contributed by atoms with E-state index in [0.29, 0.717) is 38.8 Å². The van der Waals surface area contributed by atoms with Crippen molar-refractivity contribution >= 4 is 29.2 Å². The van der Waals surface area contributed by atoms with Gasteiger partial charge >= 0.3 is 6.03 Å². The second-order valence-electron chi connectivity index (χ2n) is 19.4. The molecule has 1 aromatic rings. The second-order valence-corrected chi connectivity index (χ2v) is 19.4. The van der Waals surface area contributed by atoms with Gasteiger partial charge in [-0.1, -0.05) is 92.1 Å². The summed E-state index contributed by atoms with van der Waals surface area (Å²) in [5.41, 5.74) is 10.5. The molecule has 0 aromatic heterocycles. The van der Waals surface area contributed by atoms with Crippen molar-refractivity contribution in [2.75, 3.05) is 13.1 Å². The predicted octanol–water partition coefficient (Wildman–Crippen LogP) is 7.34. The molecule has 310 valence electrons. The summed E-state index contributed by atoms with van der Waals surface area (Å²) < 4.78 is 0. The summed E-state index contributed by atoms with van der Waals surface area (Å²) in [6.07, 6.45) is 4.81. The van der Waals surface area contributed by atoms with Crippen molar-refractivity contribution in [2.45, 2.75) is 171 Å². The number of hydrogen-bond donors (Lipinski definition) is 5. The summed E-state index contributed by atoms with van der Waals surface area (Å²) >= 11 is 0. The number of Topliss-reactive ketones (excluding diaryl/α,β-unsaturated/α-hetero) is 4. The Hall–Kier alpha value is -2.95. The number of benzene rings is 1. The van der Waals surface area contributed by atoms with Gasteiger partial charge in [0.05, 0.1) is 12.1 Å². The number of carbonyl (C=O) groups is 5. The molecule has 2 amide bonds. The van der Waals surface area contributed by atoms with E-state index in [1.165, 1.54) is 0 Å². The number of unbranched alkanes of at least 4 members (excludes halogenated alkanes) is 1. The number of hydrogen-bond acceptors (Lipinski definition) is 8. The molecule has 54 heavy (non-hydrogen) atoms. The molecule has 0 aliphatic carbocycles. The molecule has 1 rings (SSSR count). The van der Waals surface area contributed by atoms with Crippen molar-refractivity contribution < 1.29 is 24.0 Å². The maximum Gasteiger partial charge on any atom is 0.312 e. The lowest BCUT2D eigenvalue weighted by Crippen LogP contribution is -2.51. The molecule has 0 radical (unpaired) electrons. The highest BCUT2D eigenvalue weighted by molar-refractivity contribution is 5.93. The van der Waals surface area contributed by atoms with Gasteiger partial charge in [0, 0.05) is 53.1 Å². The standard InChI is InChI=1S/C24H40N2O2.C20H39N3O3/c1-23(2,3)22(28)19(14-10-11-15-25)17-21(27)20(26-24(4,5)6)16-18-12-8-7-9-13-18;1-13(2)16(23-20(6,7)8)15(24)12-14(17(25)19(3,4)5)10-9-11-22-18(21)26/h7-9,12-13,19-20,26H,10-11,14-17,25H2,1-6H3;13-14,16,23H,9-12H2,1-8H3,(H3,21,22,26). The zero-order valence-electron chi connectivity index (χ0n) is 36.5. The Morgan fingerprint density at radius 3 is 1.52 bits per heavy atom. The number of nitrogens with two attached hydrogens (primary N) is 2. The van der Waals surface area contributed by atoms with Gasteiger partial charge in [-0.3, -0.25) is 19.2 Å². The summed E-state index contributed by atoms with van der Waals surface area (Å²) in [4.78, 5) is 62.8. The lowest BCUT2D eigenvalue weighted by Gasteiger charge is -2.32. The lowest BCUT2D eigenvalue weighted by atomic mass is 9.77. The van der Waals surface area contributed by atoms with Crippen molar-refractivity contribution in [3.05, 3.63) is 35.9 Å². The first-order valence-corrected chi connectivity index (χ1v) is 20.1. The smallest absolute Gasteiger partial charge is 0.312 e. The summed E-state index contributed by atoms with van der Waals surface area (Å²) in [6, 6.07) is 8.90. The minimum Gasteiger partial charge on any atom is -0.352 e. The van der Waals surface area contributed by atoms with Crippen LogP contribution in [0.3, 0.4) is 0 Å². The monoisotopic (exact) mass is 758 g/mol. The highest BCUT2D eigenvalue weighted by atomic mass is 16.2. The molecule has 4 unspecified atom stereocenters. The Bertz CT molecular complexity index is 1300. The lowest BCUT2D eigenvalue weighted by molar-refractivity contribution is -0.134. The zero-order chi connectivity index (χ0) is 42.1. The molecule has 10 heteroatoms. The number of rotatable bonds is 21. The average molecular weight is 758 g/mol. The van der Waals surface area contributed by atoms with Crippen molar-refractivity contribution in [1.82, 2.24) is 16.0 Å². The van der Waals surface area contributed by atoms with E-state index < -0.39 is 16.9 Å². The third-order valence-electron chi connectivity index (χ3n) is 9.03. The predicted molar refractivity (Wildman–Crippen MR) is 223 cm³/mol. The molecule has 0 saturated heterocycles. The van der Waals surface area contributed by atoms with E-state index in [4.69, 9.17) is 11.5 Å². The molecule has 0 bridgehead atoms. The van der Waals surface area contributed by atoms with Crippen LogP contribution in [0.1, 0.15) is 147 Å². The Morgan fingerprint density at radius 2 is 1.11 bits per heavy atom. The quantitative estimate of drug-likeness (QED) is 0.0810. The van der Waals surface area contributed by atoms with Crippen LogP contribution in [0.25, 0.3) is 0 Å². The van der Waals surface area contributed by atoms with E-state index in [1.807, 2.05) is 106 Å². The Kier molecular flexibility index (Phi) is 21.9. The van der Waals surface area contributed by atoms with Crippen LogP contribution < -0.4 is 27.4 Å². The molecular formula is C44H79N5O5. The first-order valence-electron chi connectivity index (χ1n) is 20.1. The number of urea groups is 1. The summed E-state index contributed by atoms with van der Waals surface area (Å²) in [7, 11) is 0. The van der Waals surface area contributed by atoms with Crippen molar-refractivity contribution in [2.24, 2.45) is 40.1 Å². The average Bonchev–Trinajstić information content (AvgIpc) is 3.02. The topological polar surface area (TPSA) is 173 Å². The van der Waals surface area contributed by atoms with Gasteiger partial charge in [-0.25, -0.2) is 4.79 Å². The Balaban J connectivity index is 0.00000104. The highest BCUT2D eigenvalue weighted by Gasteiger charge is 2.35. The Morgan fingerprint density at radius 1 is 0.648 bits per heavy atom. The van der Waals surface area contributed by atoms with Crippen LogP contribution >= 0.6 is 0 Å². The normalized spacial score (nSPS) is 14.7. The minimum atomic E-state index is -0.575. The van der Waals surface area contributed by atoms with E-state index in [9.17, 15) is 24.0 Å². The van der Waals surface area contributed by atoms with Crippen LogP contribution in [0.15, 0.2) is 30.3 Å². The van der Waals surface area contributed by atoms with Crippen LogP contribution in [0.4, 0.5) is 4.79 Å². The first-order chi connectivity index (χ1) is 24.6. The number of amides is 2. The van der Waals surface area contributed by atoms with Gasteiger partial charge in [-0.05, 0) is 91.7 Å². The molecule has 4 atom stereocenters. The molecular weight excluding hydrogens is 679 g/mol. The van der Waals surface area contributed by atoms with E-state index in [1.54, 1.807) is 0 Å². The molecule has 0 aliphatic heterocycles. The highest BCUT2D eigenvalue weighted by Crippen LogP contribution is 2.28. The van der Waals surface area contributed by atoms with Gasteiger partial charge in [-0.2, -0.15) is 0 Å². The van der Waals surface area contributed by atoms with Crippen LogP contribution in [0.5, 0.6) is 0 Å². The summed E-state index contributed by atoms with van der Waals surface area (Å²) in [5, 5.41) is 9.39. The fourth-order valence-corrected chi connectivity index (χ4v) is 6.43. The SMILES string of the molecule is CC(C)(C)NC(Cc1ccccc1)C(=O)CC(CCCCN)C(=O)C(C)(C)C.CC(C)C(NC(C)(C)C)C(=O)CC(CCCNC(N)=O)C(=O)C(C)(C)C. The maximum atomic E-state index is 13.3. The van der Waals surface area contributed by atoms with Gasteiger partial charge in [0.25, 0.3) is 0 Å². The van der Waals surface area contributed by atoms with E-state index in [0.717, 1.165) is 24.8 Å². The van der Waals surface area contributed by atoms with Crippen LogP contribution in [0, 0.1) is 28.6 Å². The van der Waals surface area contributed by atoms with Crippen molar-refractivity contribution in [3.63, 3.8) is 0 Å². The second kappa shape index (κ2) is 23.2. The van der Waals surface area contributed by atoms with Gasteiger partial charge < -0.3 is 27.4 Å². The molecule has 0 aliphatic rings. The summed E-state index contributed by atoms with van der Waals surface area (Å²) in [5.74, 6) is 0.00715. The maximum absolute atomic E-state index is 13.3. The minimum absolute atomic E-state index is 0.0698. The van der Waals surface area contributed by atoms with Gasteiger partial charge in [0.1, 0.15) is 11.6 Å². The fraction of sp³-hybridized carbons (Fsp3) is 0.750. The van der Waals surface area contributed by atoms with Crippen molar-refractivity contribution in [3.8, 4) is 0 Å². The third-order valence-corrected chi connectivity index (χ3v) is 9.03. The number of carbonyl (C=O) groups excluding carboxylic acids is 5. The van der Waals surface area contributed by atoms with Crippen LogP contribution in [-0.4, -0.2) is 65.4 Å². The molecule has 10 nitrogen and oxygen atoms in total. The van der Waals surface area contributed by atoms with Gasteiger partial charge in [0.2, 0.25) is 0 Å². The molecule has 0 saturated carbocycles. The largest absolute Gasteiger partial charge is 0.352 e. The fourth-order valence-electron chi connectivity index (χ4n) is 6.43. The van der Waals surface area contributed by atoms with E-state index in [-0.39, 0.29) is 70.5 Å². The Labute approximate surface area is 328 Å². The molecule has 0 spiro atoms. The molecule has 7 N–H and O–H groups in total. The van der Waals surface area contributed by atoms with Gasteiger partial charge in [0.15, 0.2) is 11.6 Å². The van der Waals surface area contributed by atoms with E-state index >= 15 is 0 Å². The number of nitrogens with one attached hydrogen (secondary N) is 3. The molecule has 0 heterocycles. The van der Waals surface area contributed by atoms with E-state index in [2.05, 4.69) is 36.7 Å². The third kappa shape index (κ3) is 22.4. The van der Waals surface area contributed by atoms with Crippen LogP contribution in [0.2, 0.25) is 0 Å². The number of ketones is 4. The summed E-state index contributed by atoms with van der Waals surface area (Å²) in [6.45, 7) is 28.8. The molecule has 1 aromatic carbocycles. The van der Waals surface area contributed by atoms with Crippen molar-refractivity contribution in [1.29, 1.82) is 0 Å². The zero-order valence-corrected chi connectivity index (χ0v) is 36.5. The first kappa shape index (κ1) is 51.0. The number of primary amides is 1.